The number of carbonyl (C=O) groups is 2. The van der Waals surface area contributed by atoms with E-state index in [1.807, 2.05) is 0 Å². The second-order valence-electron chi connectivity index (χ2n) is 4.63. The van der Waals surface area contributed by atoms with Crippen LogP contribution in [0.4, 0.5) is 5.69 Å². The molecule has 0 unspecified atom stereocenters. The van der Waals surface area contributed by atoms with Gasteiger partial charge in [0.15, 0.2) is 0 Å². The molecule has 1 amide bonds. The summed E-state index contributed by atoms with van der Waals surface area (Å²) in [6.45, 7) is 0.433. The van der Waals surface area contributed by atoms with E-state index in [4.69, 9.17) is 9.52 Å². The van der Waals surface area contributed by atoms with Crippen molar-refractivity contribution < 1.29 is 19.1 Å². The molecule has 3 rings (SSSR count). The number of carbonyl (C=O) groups excluding carboxylic acids is 1. The van der Waals surface area contributed by atoms with Crippen LogP contribution in [-0.2, 0) is 11.3 Å². The van der Waals surface area contributed by atoms with Gasteiger partial charge in [-0.2, -0.15) is 5.10 Å². The Morgan fingerprint density at radius 2 is 2.18 bits per heavy atom. The number of carboxylic acids is 1. The molecule has 2 aromatic heterocycles. The number of furan rings is 1. The average molecular weight is 300 g/mol. The SMILES string of the molecule is O=C(CCn1cncn1)Nc1ccc2oc(C(=O)O)cc2c1. The number of aromatic carboxylic acids is 1. The van der Waals surface area contributed by atoms with E-state index in [-0.39, 0.29) is 18.1 Å². The second-order valence-corrected chi connectivity index (χ2v) is 4.63. The first-order chi connectivity index (χ1) is 10.6. The van der Waals surface area contributed by atoms with Gasteiger partial charge in [0.2, 0.25) is 11.7 Å². The number of fused-ring (bicyclic) bond motifs is 1. The molecule has 2 N–H and O–H groups in total. The summed E-state index contributed by atoms with van der Waals surface area (Å²) in [5, 5.41) is 16.2. The number of carboxylic acid groups (broad SMARTS) is 1. The minimum absolute atomic E-state index is 0.135. The fourth-order valence-corrected chi connectivity index (χ4v) is 2.01. The lowest BCUT2D eigenvalue weighted by Crippen LogP contribution is -2.14. The molecule has 112 valence electrons. The van der Waals surface area contributed by atoms with E-state index in [9.17, 15) is 9.59 Å². The number of aryl methyl sites for hydroxylation is 1. The molecule has 0 saturated heterocycles. The zero-order chi connectivity index (χ0) is 15.5. The Labute approximate surface area is 124 Å². The van der Waals surface area contributed by atoms with Crippen molar-refractivity contribution in [3.63, 3.8) is 0 Å². The van der Waals surface area contributed by atoms with Gasteiger partial charge in [0.25, 0.3) is 0 Å². The first-order valence-electron chi connectivity index (χ1n) is 6.51. The zero-order valence-corrected chi connectivity index (χ0v) is 11.4. The van der Waals surface area contributed by atoms with E-state index in [0.717, 1.165) is 0 Å². The van der Waals surface area contributed by atoms with Crippen molar-refractivity contribution in [2.75, 3.05) is 5.32 Å². The summed E-state index contributed by atoms with van der Waals surface area (Å²) in [7, 11) is 0. The molecular weight excluding hydrogens is 288 g/mol. The maximum absolute atomic E-state index is 11.9. The second kappa shape index (κ2) is 5.68. The van der Waals surface area contributed by atoms with Crippen LogP contribution in [0.2, 0.25) is 0 Å². The Bertz CT molecular complexity index is 823. The molecule has 8 nitrogen and oxygen atoms in total. The Kier molecular flexibility index (Phi) is 3.57. The average Bonchev–Trinajstić information content (AvgIpc) is 3.14. The lowest BCUT2D eigenvalue weighted by molar-refractivity contribution is -0.116. The Balaban J connectivity index is 1.67. The summed E-state index contributed by atoms with van der Waals surface area (Å²) in [6.07, 6.45) is 3.20. The summed E-state index contributed by atoms with van der Waals surface area (Å²) in [5.74, 6) is -1.43. The fraction of sp³-hybridized carbons (Fsp3) is 0.143. The molecule has 0 spiro atoms. The number of nitrogens with one attached hydrogen (secondary N) is 1. The minimum atomic E-state index is -1.13. The highest BCUT2D eigenvalue weighted by atomic mass is 16.4. The highest BCUT2D eigenvalue weighted by molar-refractivity contribution is 5.95. The van der Waals surface area contributed by atoms with Crippen molar-refractivity contribution >= 4 is 28.5 Å². The minimum Gasteiger partial charge on any atom is -0.475 e. The number of nitrogens with zero attached hydrogens (tertiary/aromatic N) is 3. The zero-order valence-electron chi connectivity index (χ0n) is 11.4. The van der Waals surface area contributed by atoms with Crippen molar-refractivity contribution in [2.45, 2.75) is 13.0 Å². The smallest absolute Gasteiger partial charge is 0.371 e. The highest BCUT2D eigenvalue weighted by Gasteiger charge is 2.11. The number of rotatable bonds is 5. The topological polar surface area (TPSA) is 110 Å². The lowest BCUT2D eigenvalue weighted by atomic mass is 10.2. The van der Waals surface area contributed by atoms with Crippen LogP contribution in [0.5, 0.6) is 0 Å². The van der Waals surface area contributed by atoms with E-state index in [1.54, 1.807) is 22.9 Å². The van der Waals surface area contributed by atoms with Gasteiger partial charge in [-0.1, -0.05) is 0 Å². The molecule has 0 fully saturated rings. The van der Waals surface area contributed by atoms with E-state index in [2.05, 4.69) is 15.4 Å². The third-order valence-corrected chi connectivity index (χ3v) is 3.05. The summed E-state index contributed by atoms with van der Waals surface area (Å²) in [6, 6.07) is 6.36. The standard InChI is InChI=1S/C14H12N4O4/c19-13(3-4-18-8-15-7-16-18)17-10-1-2-11-9(5-10)6-12(22-11)14(20)21/h1-2,5-8H,3-4H2,(H,17,19)(H,20,21). The van der Waals surface area contributed by atoms with Crippen LogP contribution in [0.1, 0.15) is 17.0 Å². The van der Waals surface area contributed by atoms with Crippen LogP contribution in [0.15, 0.2) is 41.3 Å². The third kappa shape index (κ3) is 2.95. The van der Waals surface area contributed by atoms with E-state index in [0.29, 0.717) is 23.2 Å². The summed E-state index contributed by atoms with van der Waals surface area (Å²) < 4.78 is 6.72. The molecule has 0 radical (unpaired) electrons. The van der Waals surface area contributed by atoms with Crippen LogP contribution in [0, 0.1) is 0 Å². The van der Waals surface area contributed by atoms with Crippen LogP contribution in [0.25, 0.3) is 11.0 Å². The quantitative estimate of drug-likeness (QED) is 0.742. The number of hydrogen-bond acceptors (Lipinski definition) is 5. The summed E-state index contributed by atoms with van der Waals surface area (Å²) in [5.41, 5.74) is 1.03. The lowest BCUT2D eigenvalue weighted by Gasteiger charge is -2.05. The molecular formula is C14H12N4O4. The monoisotopic (exact) mass is 300 g/mol. The summed E-state index contributed by atoms with van der Waals surface area (Å²) in [4.78, 5) is 26.5. The third-order valence-electron chi connectivity index (χ3n) is 3.05. The molecule has 0 aliphatic carbocycles. The predicted molar refractivity (Wildman–Crippen MR) is 76.4 cm³/mol. The molecule has 0 atom stereocenters. The number of benzene rings is 1. The van der Waals surface area contributed by atoms with Gasteiger partial charge < -0.3 is 14.8 Å². The normalized spacial score (nSPS) is 10.7. The first kappa shape index (κ1) is 13.8. The van der Waals surface area contributed by atoms with Crippen LogP contribution >= 0.6 is 0 Å². The Morgan fingerprint density at radius 3 is 2.91 bits per heavy atom. The molecule has 2 heterocycles. The van der Waals surface area contributed by atoms with E-state index in [1.165, 1.54) is 18.7 Å². The van der Waals surface area contributed by atoms with Crippen molar-refractivity contribution in [3.05, 3.63) is 42.7 Å². The van der Waals surface area contributed by atoms with Crippen LogP contribution in [-0.4, -0.2) is 31.7 Å². The molecule has 0 aliphatic rings. The first-order valence-corrected chi connectivity index (χ1v) is 6.51. The van der Waals surface area contributed by atoms with Gasteiger partial charge in [0, 0.05) is 17.5 Å². The van der Waals surface area contributed by atoms with Gasteiger partial charge in [0.05, 0.1) is 6.54 Å². The Hall–Kier alpha value is -3.16. The molecule has 3 aromatic rings. The number of anilines is 1. The maximum Gasteiger partial charge on any atom is 0.371 e. The van der Waals surface area contributed by atoms with Gasteiger partial charge in [-0.25, -0.2) is 9.78 Å². The molecule has 0 saturated carbocycles. The molecule has 8 heteroatoms. The predicted octanol–water partition coefficient (Wildman–Crippen LogP) is 1.75. The van der Waals surface area contributed by atoms with E-state index < -0.39 is 5.97 Å². The van der Waals surface area contributed by atoms with Crippen LogP contribution < -0.4 is 5.32 Å². The number of amides is 1. The van der Waals surface area contributed by atoms with Gasteiger partial charge in [-0.05, 0) is 24.3 Å². The van der Waals surface area contributed by atoms with Gasteiger partial charge in [-0.15, -0.1) is 0 Å². The number of aromatic nitrogens is 3. The van der Waals surface area contributed by atoms with Crippen molar-refractivity contribution in [2.24, 2.45) is 0 Å². The van der Waals surface area contributed by atoms with Gasteiger partial charge >= 0.3 is 5.97 Å². The van der Waals surface area contributed by atoms with Crippen molar-refractivity contribution in [1.82, 2.24) is 14.8 Å². The Morgan fingerprint density at radius 1 is 1.32 bits per heavy atom. The van der Waals surface area contributed by atoms with Gasteiger partial charge in [0.1, 0.15) is 18.2 Å². The van der Waals surface area contributed by atoms with E-state index >= 15 is 0 Å². The fourth-order valence-electron chi connectivity index (χ4n) is 2.01. The molecule has 0 bridgehead atoms. The van der Waals surface area contributed by atoms with Crippen molar-refractivity contribution in [3.8, 4) is 0 Å². The maximum atomic E-state index is 11.9. The van der Waals surface area contributed by atoms with Crippen LogP contribution in [0.3, 0.4) is 0 Å². The molecule has 1 aromatic carbocycles. The van der Waals surface area contributed by atoms with Crippen molar-refractivity contribution in [1.29, 1.82) is 0 Å². The molecule has 0 aliphatic heterocycles. The highest BCUT2D eigenvalue weighted by Crippen LogP contribution is 2.23. The number of hydrogen-bond donors (Lipinski definition) is 2. The molecule has 22 heavy (non-hydrogen) atoms. The largest absolute Gasteiger partial charge is 0.475 e. The van der Waals surface area contributed by atoms with Gasteiger partial charge in [-0.3, -0.25) is 9.48 Å². The summed E-state index contributed by atoms with van der Waals surface area (Å²) >= 11 is 0.